The molecule has 13 heteroatoms. The van der Waals surface area contributed by atoms with Gasteiger partial charge in [-0.05, 0) is 38.3 Å². The average Bonchev–Trinajstić information content (AvgIpc) is 3.57. The molecule has 208 valence electrons. The largest absolute Gasteiger partial charge is 0.490 e. The number of carbonyl (C=O) groups excluding carboxylic acids is 1. The summed E-state index contributed by atoms with van der Waals surface area (Å²) in [5.41, 5.74) is 1.20. The zero-order valence-corrected chi connectivity index (χ0v) is 21.3. The summed E-state index contributed by atoms with van der Waals surface area (Å²) in [6.45, 7) is 5.97. The molecule has 2 saturated heterocycles. The molecule has 0 saturated carbocycles. The number of aromatic nitrogens is 3. The van der Waals surface area contributed by atoms with E-state index in [1.54, 1.807) is 0 Å². The van der Waals surface area contributed by atoms with Crippen molar-refractivity contribution in [3.8, 4) is 0 Å². The molecule has 0 aliphatic carbocycles. The molecule has 0 bridgehead atoms. The number of amides is 1. The number of carboxylic acids is 1. The first kappa shape index (κ1) is 28.0. The highest BCUT2D eigenvalue weighted by atomic mass is 19.4. The Balaban J connectivity index is 0.000000426. The van der Waals surface area contributed by atoms with Crippen LogP contribution in [0.15, 0.2) is 30.3 Å². The van der Waals surface area contributed by atoms with E-state index in [0.717, 1.165) is 70.8 Å². The second-order valence-electron chi connectivity index (χ2n) is 9.86. The van der Waals surface area contributed by atoms with E-state index >= 15 is 0 Å². The van der Waals surface area contributed by atoms with Crippen LogP contribution in [0.1, 0.15) is 47.7 Å². The minimum absolute atomic E-state index is 0.124. The van der Waals surface area contributed by atoms with E-state index in [0.29, 0.717) is 12.4 Å². The number of aliphatic carboxylic acids is 1. The number of hydrogen-bond acceptors (Lipinski definition) is 7. The topological polar surface area (TPSA) is 113 Å². The molecule has 1 unspecified atom stereocenters. The minimum Gasteiger partial charge on any atom is -0.475 e. The second-order valence-corrected chi connectivity index (χ2v) is 9.86. The number of likely N-dealkylation sites (N-methyl/N-ethyl adjacent to an activating group) is 1. The van der Waals surface area contributed by atoms with Crippen LogP contribution in [0, 0.1) is 0 Å². The van der Waals surface area contributed by atoms with Crippen molar-refractivity contribution in [1.29, 1.82) is 0 Å². The number of likely N-dealkylation sites (tertiary alicyclic amines) is 1. The van der Waals surface area contributed by atoms with Gasteiger partial charge in [0.05, 0.1) is 11.6 Å². The van der Waals surface area contributed by atoms with Crippen molar-refractivity contribution in [3.05, 3.63) is 47.5 Å². The van der Waals surface area contributed by atoms with E-state index in [9.17, 15) is 18.0 Å². The van der Waals surface area contributed by atoms with Crippen molar-refractivity contribution in [1.82, 2.24) is 29.9 Å². The Kier molecular flexibility index (Phi) is 8.68. The van der Waals surface area contributed by atoms with Crippen LogP contribution in [0.2, 0.25) is 0 Å². The molecule has 2 aromatic rings. The third-order valence-electron chi connectivity index (χ3n) is 7.45. The third-order valence-corrected chi connectivity index (χ3v) is 7.45. The van der Waals surface area contributed by atoms with E-state index in [1.807, 2.05) is 0 Å². The lowest BCUT2D eigenvalue weighted by molar-refractivity contribution is -0.192. The fourth-order valence-electron chi connectivity index (χ4n) is 5.28. The maximum Gasteiger partial charge on any atom is 0.490 e. The van der Waals surface area contributed by atoms with Crippen LogP contribution in [-0.2, 0) is 28.2 Å². The number of benzene rings is 1. The van der Waals surface area contributed by atoms with Crippen molar-refractivity contribution in [3.63, 3.8) is 0 Å². The molecule has 3 aliphatic heterocycles. The minimum atomic E-state index is -5.08. The summed E-state index contributed by atoms with van der Waals surface area (Å²) in [4.78, 5) is 26.7. The number of carboxylic acid groups (broad SMARTS) is 1. The standard InChI is InChI=1S/C23H32N6O2.C2HF3O2/c1-27-13-14-29-20(21(30)24-16-19-8-5-15-31-19)25-26-22(29)23(27)9-11-28(12-10-23)17-18-6-3-2-4-7-18;3-2(4,5)1(6)7/h2-4,6-7,19H,5,8-17H2,1H3,(H,24,30);(H,6,7). The summed E-state index contributed by atoms with van der Waals surface area (Å²) in [5.74, 6) is -1.52. The van der Waals surface area contributed by atoms with E-state index in [4.69, 9.17) is 14.6 Å². The molecule has 0 radical (unpaired) electrons. The van der Waals surface area contributed by atoms with Crippen molar-refractivity contribution in [2.45, 2.75) is 56.6 Å². The summed E-state index contributed by atoms with van der Waals surface area (Å²) in [6, 6.07) is 10.6. The van der Waals surface area contributed by atoms with Gasteiger partial charge in [-0.25, -0.2) is 4.79 Å². The number of carbonyl (C=O) groups is 2. The smallest absolute Gasteiger partial charge is 0.475 e. The Morgan fingerprint density at radius 1 is 1.13 bits per heavy atom. The van der Waals surface area contributed by atoms with Gasteiger partial charge in [0.2, 0.25) is 5.82 Å². The number of alkyl halides is 3. The first-order valence-electron chi connectivity index (χ1n) is 12.7. The third kappa shape index (κ3) is 6.33. The van der Waals surface area contributed by atoms with Gasteiger partial charge < -0.3 is 19.7 Å². The van der Waals surface area contributed by atoms with Gasteiger partial charge in [0.25, 0.3) is 5.91 Å². The number of rotatable bonds is 5. The maximum atomic E-state index is 12.8. The van der Waals surface area contributed by atoms with Gasteiger partial charge in [-0.2, -0.15) is 13.2 Å². The molecule has 1 atom stereocenters. The van der Waals surface area contributed by atoms with Gasteiger partial charge in [-0.3, -0.25) is 14.6 Å². The first-order valence-corrected chi connectivity index (χ1v) is 12.7. The highest BCUT2D eigenvalue weighted by molar-refractivity contribution is 5.90. The number of fused-ring (bicyclic) bond motifs is 2. The Hall–Kier alpha value is -3.03. The fourth-order valence-corrected chi connectivity index (χ4v) is 5.28. The zero-order chi connectivity index (χ0) is 27.3. The van der Waals surface area contributed by atoms with Gasteiger partial charge >= 0.3 is 12.1 Å². The Morgan fingerprint density at radius 2 is 1.82 bits per heavy atom. The summed E-state index contributed by atoms with van der Waals surface area (Å²) in [5, 5.41) is 19.0. The molecule has 10 nitrogen and oxygen atoms in total. The first-order chi connectivity index (χ1) is 18.1. The van der Waals surface area contributed by atoms with Gasteiger partial charge in [-0.1, -0.05) is 30.3 Å². The predicted molar refractivity (Wildman–Crippen MR) is 130 cm³/mol. The number of halogens is 3. The maximum absolute atomic E-state index is 12.8. The second kappa shape index (κ2) is 11.8. The number of nitrogens with zero attached hydrogens (tertiary/aromatic N) is 5. The number of hydrogen-bond donors (Lipinski definition) is 2. The van der Waals surface area contributed by atoms with Crippen LogP contribution in [0.5, 0.6) is 0 Å². The number of ether oxygens (including phenoxy) is 1. The Morgan fingerprint density at radius 3 is 2.42 bits per heavy atom. The molecule has 5 rings (SSSR count). The SMILES string of the molecule is CN1CCn2c(C(=O)NCC3CCCO3)nnc2C12CCN(Cc1ccccc1)CC2.O=C(O)C(F)(F)F. The molecule has 4 heterocycles. The van der Waals surface area contributed by atoms with Crippen LogP contribution >= 0.6 is 0 Å². The van der Waals surface area contributed by atoms with Gasteiger partial charge in [0, 0.05) is 45.9 Å². The molecule has 2 N–H and O–H groups in total. The molecular weight excluding hydrogens is 505 g/mol. The summed E-state index contributed by atoms with van der Waals surface area (Å²) >= 11 is 0. The highest BCUT2D eigenvalue weighted by Gasteiger charge is 2.46. The summed E-state index contributed by atoms with van der Waals surface area (Å²) in [7, 11) is 2.18. The molecular formula is C25H33F3N6O4. The van der Waals surface area contributed by atoms with Crippen LogP contribution in [-0.4, -0.2) is 93.7 Å². The lowest BCUT2D eigenvalue weighted by atomic mass is 9.83. The van der Waals surface area contributed by atoms with E-state index < -0.39 is 12.1 Å². The lowest BCUT2D eigenvalue weighted by Crippen LogP contribution is -2.56. The van der Waals surface area contributed by atoms with Gasteiger partial charge in [-0.15, -0.1) is 10.2 Å². The molecule has 1 aromatic heterocycles. The van der Waals surface area contributed by atoms with Crippen molar-refractivity contribution in [2.24, 2.45) is 0 Å². The monoisotopic (exact) mass is 538 g/mol. The molecule has 2 fully saturated rings. The quantitative estimate of drug-likeness (QED) is 0.596. The predicted octanol–water partition coefficient (Wildman–Crippen LogP) is 2.26. The molecule has 1 amide bonds. The van der Waals surface area contributed by atoms with Crippen LogP contribution in [0.25, 0.3) is 0 Å². The van der Waals surface area contributed by atoms with Crippen LogP contribution in [0.4, 0.5) is 13.2 Å². The van der Waals surface area contributed by atoms with Crippen LogP contribution < -0.4 is 5.32 Å². The number of nitrogens with one attached hydrogen (secondary N) is 1. The summed E-state index contributed by atoms with van der Waals surface area (Å²) in [6.07, 6.45) is -0.903. The fraction of sp³-hybridized carbons (Fsp3) is 0.600. The Labute approximate surface area is 218 Å². The van der Waals surface area contributed by atoms with E-state index in [2.05, 4.69) is 67.3 Å². The molecule has 1 spiro atoms. The molecule has 1 aromatic carbocycles. The van der Waals surface area contributed by atoms with Crippen LogP contribution in [0.3, 0.4) is 0 Å². The van der Waals surface area contributed by atoms with Gasteiger partial charge in [0.1, 0.15) is 0 Å². The van der Waals surface area contributed by atoms with Crippen molar-refractivity contribution in [2.75, 3.05) is 39.8 Å². The number of piperidine rings is 1. The van der Waals surface area contributed by atoms with Gasteiger partial charge in [0.15, 0.2) is 5.82 Å². The highest BCUT2D eigenvalue weighted by Crippen LogP contribution is 2.40. The van der Waals surface area contributed by atoms with E-state index in [-0.39, 0.29) is 17.6 Å². The van der Waals surface area contributed by atoms with Crippen molar-refractivity contribution >= 4 is 11.9 Å². The molecule has 3 aliphatic rings. The van der Waals surface area contributed by atoms with E-state index in [1.165, 1.54) is 5.56 Å². The average molecular weight is 539 g/mol. The zero-order valence-electron chi connectivity index (χ0n) is 21.3. The molecule has 38 heavy (non-hydrogen) atoms. The Bertz CT molecular complexity index is 1100. The normalized spacial score (nSPS) is 21.4. The van der Waals surface area contributed by atoms with Crippen molar-refractivity contribution < 1.29 is 32.6 Å². The summed E-state index contributed by atoms with van der Waals surface area (Å²) < 4.78 is 39.4. The lowest BCUT2D eigenvalue weighted by Gasteiger charge is -2.49.